The molecule has 9 nitrogen and oxygen atoms in total. The summed E-state index contributed by atoms with van der Waals surface area (Å²) in [5, 5.41) is 17.6. The van der Waals surface area contributed by atoms with Gasteiger partial charge in [0, 0.05) is 43.5 Å². The van der Waals surface area contributed by atoms with E-state index in [2.05, 4.69) is 25.2 Å². The van der Waals surface area contributed by atoms with Crippen LogP contribution in [0.25, 0.3) is 16.9 Å². The van der Waals surface area contributed by atoms with E-state index in [0.717, 1.165) is 60.8 Å². The third-order valence-corrected chi connectivity index (χ3v) is 5.63. The number of piperidine rings is 1. The number of aryl methyl sites for hydroxylation is 1. The molecule has 1 fully saturated rings. The number of fused-ring (bicyclic) bond motifs is 1. The Morgan fingerprint density at radius 3 is 2.73 bits per heavy atom. The van der Waals surface area contributed by atoms with Gasteiger partial charge in [-0.05, 0) is 55.8 Å². The lowest BCUT2D eigenvalue weighted by atomic mass is 9.96. The van der Waals surface area contributed by atoms with Crippen LogP contribution < -0.4 is 5.56 Å². The van der Waals surface area contributed by atoms with Gasteiger partial charge in [-0.2, -0.15) is 14.7 Å². The molecule has 4 aromatic rings. The maximum absolute atomic E-state index is 11.8. The molecule has 0 amide bonds. The van der Waals surface area contributed by atoms with Crippen LogP contribution in [0, 0.1) is 0 Å². The van der Waals surface area contributed by atoms with Crippen molar-refractivity contribution in [2.75, 3.05) is 13.1 Å². The minimum absolute atomic E-state index is 0.0761. The van der Waals surface area contributed by atoms with E-state index in [1.54, 1.807) is 25.5 Å². The molecular weight excluding hydrogens is 380 g/mol. The molecule has 0 saturated carbocycles. The SMILES string of the molecule is Cn1ncc(CN2CCC(c3nnc4ccc(-c5cccnc5)nn34)CC2)cc1=O. The normalized spacial score (nSPS) is 15.6. The first kappa shape index (κ1) is 18.6. The molecule has 0 spiro atoms. The van der Waals surface area contributed by atoms with Gasteiger partial charge in [0.05, 0.1) is 11.9 Å². The van der Waals surface area contributed by atoms with Crippen molar-refractivity contribution in [3.05, 3.63) is 70.7 Å². The number of likely N-dealkylation sites (tertiary alicyclic amines) is 1. The van der Waals surface area contributed by atoms with Gasteiger partial charge in [-0.1, -0.05) is 0 Å². The summed E-state index contributed by atoms with van der Waals surface area (Å²) in [6, 6.07) is 9.46. The summed E-state index contributed by atoms with van der Waals surface area (Å²) in [5.74, 6) is 1.21. The van der Waals surface area contributed by atoms with Crippen molar-refractivity contribution >= 4 is 5.65 Å². The molecule has 9 heteroatoms. The third-order valence-electron chi connectivity index (χ3n) is 5.63. The topological polar surface area (TPSA) is 94.1 Å². The quantitative estimate of drug-likeness (QED) is 0.512. The average molecular weight is 402 g/mol. The fraction of sp³-hybridized carbons (Fsp3) is 0.333. The van der Waals surface area contributed by atoms with E-state index >= 15 is 0 Å². The van der Waals surface area contributed by atoms with Gasteiger partial charge in [0.15, 0.2) is 11.5 Å². The van der Waals surface area contributed by atoms with Gasteiger partial charge in [-0.3, -0.25) is 14.7 Å². The molecule has 0 aromatic carbocycles. The molecule has 30 heavy (non-hydrogen) atoms. The van der Waals surface area contributed by atoms with Crippen molar-refractivity contribution in [1.82, 2.24) is 39.5 Å². The molecule has 0 atom stereocenters. The third kappa shape index (κ3) is 3.59. The van der Waals surface area contributed by atoms with Crippen molar-refractivity contribution in [3.8, 4) is 11.3 Å². The summed E-state index contributed by atoms with van der Waals surface area (Å²) in [5.41, 5.74) is 3.45. The summed E-state index contributed by atoms with van der Waals surface area (Å²) in [7, 11) is 1.66. The number of pyridine rings is 1. The Morgan fingerprint density at radius 2 is 1.97 bits per heavy atom. The maximum Gasteiger partial charge on any atom is 0.266 e. The Morgan fingerprint density at radius 1 is 1.10 bits per heavy atom. The molecule has 152 valence electrons. The number of nitrogens with zero attached hydrogens (tertiary/aromatic N) is 8. The van der Waals surface area contributed by atoms with Crippen LogP contribution in [0.15, 0.2) is 53.7 Å². The highest BCUT2D eigenvalue weighted by Crippen LogP contribution is 2.28. The van der Waals surface area contributed by atoms with E-state index in [9.17, 15) is 4.79 Å². The summed E-state index contributed by atoms with van der Waals surface area (Å²) in [6.45, 7) is 2.59. The monoisotopic (exact) mass is 402 g/mol. The zero-order valence-electron chi connectivity index (χ0n) is 16.7. The van der Waals surface area contributed by atoms with Crippen LogP contribution in [-0.2, 0) is 13.6 Å². The lowest BCUT2D eigenvalue weighted by molar-refractivity contribution is 0.200. The molecule has 5 heterocycles. The highest BCUT2D eigenvalue weighted by atomic mass is 16.1. The van der Waals surface area contributed by atoms with Gasteiger partial charge >= 0.3 is 0 Å². The molecule has 0 N–H and O–H groups in total. The van der Waals surface area contributed by atoms with Gasteiger partial charge in [-0.15, -0.1) is 10.2 Å². The van der Waals surface area contributed by atoms with Crippen LogP contribution in [0.4, 0.5) is 0 Å². The summed E-state index contributed by atoms with van der Waals surface area (Å²) in [6.07, 6.45) is 7.27. The van der Waals surface area contributed by atoms with Gasteiger partial charge in [-0.25, -0.2) is 4.68 Å². The van der Waals surface area contributed by atoms with Gasteiger partial charge in [0.25, 0.3) is 5.56 Å². The standard InChI is InChI=1S/C21H22N8O/c1-27-20(30)11-15(12-23-27)14-28-9-6-16(7-10-28)21-25-24-19-5-4-18(26-29(19)21)17-3-2-8-22-13-17/h2-5,8,11-13,16H,6-7,9-10,14H2,1H3. The Labute approximate surface area is 173 Å². The van der Waals surface area contributed by atoms with E-state index in [1.165, 1.54) is 4.68 Å². The van der Waals surface area contributed by atoms with Crippen LogP contribution in [0.1, 0.15) is 30.1 Å². The molecule has 4 aromatic heterocycles. The Bertz CT molecular complexity index is 1220. The minimum atomic E-state index is -0.0761. The number of aromatic nitrogens is 7. The molecular formula is C21H22N8O. The van der Waals surface area contributed by atoms with E-state index in [-0.39, 0.29) is 5.56 Å². The lowest BCUT2D eigenvalue weighted by Gasteiger charge is -2.30. The van der Waals surface area contributed by atoms with Crippen molar-refractivity contribution in [1.29, 1.82) is 0 Å². The van der Waals surface area contributed by atoms with E-state index in [4.69, 9.17) is 5.10 Å². The van der Waals surface area contributed by atoms with Gasteiger partial charge < -0.3 is 0 Å². The molecule has 5 rings (SSSR count). The lowest BCUT2D eigenvalue weighted by Crippen LogP contribution is -2.33. The predicted molar refractivity (Wildman–Crippen MR) is 111 cm³/mol. The van der Waals surface area contributed by atoms with Crippen molar-refractivity contribution in [2.24, 2.45) is 7.05 Å². The smallest absolute Gasteiger partial charge is 0.266 e. The van der Waals surface area contributed by atoms with Gasteiger partial charge in [0.2, 0.25) is 0 Å². The largest absolute Gasteiger partial charge is 0.299 e. The highest BCUT2D eigenvalue weighted by Gasteiger charge is 2.25. The van der Waals surface area contributed by atoms with E-state index in [0.29, 0.717) is 5.92 Å². The zero-order chi connectivity index (χ0) is 20.5. The Balaban J connectivity index is 1.32. The molecule has 1 aliphatic rings. The Kier molecular flexibility index (Phi) is 4.80. The predicted octanol–water partition coefficient (Wildman–Crippen LogP) is 1.66. The second-order valence-electron chi connectivity index (χ2n) is 7.66. The number of hydrogen-bond donors (Lipinski definition) is 0. The molecule has 1 saturated heterocycles. The van der Waals surface area contributed by atoms with Gasteiger partial charge in [0.1, 0.15) is 0 Å². The first-order chi connectivity index (χ1) is 14.7. The minimum Gasteiger partial charge on any atom is -0.299 e. The summed E-state index contributed by atoms with van der Waals surface area (Å²) in [4.78, 5) is 18.3. The van der Waals surface area contributed by atoms with Crippen molar-refractivity contribution in [3.63, 3.8) is 0 Å². The second kappa shape index (κ2) is 7.75. The van der Waals surface area contributed by atoms with Crippen LogP contribution >= 0.6 is 0 Å². The number of hydrogen-bond acceptors (Lipinski definition) is 7. The summed E-state index contributed by atoms with van der Waals surface area (Å²) < 4.78 is 3.21. The molecule has 0 bridgehead atoms. The average Bonchev–Trinajstić information content (AvgIpc) is 3.21. The summed E-state index contributed by atoms with van der Waals surface area (Å²) >= 11 is 0. The van der Waals surface area contributed by atoms with E-state index in [1.807, 2.05) is 35.0 Å². The molecule has 0 radical (unpaired) electrons. The Hall–Kier alpha value is -3.46. The van der Waals surface area contributed by atoms with Crippen molar-refractivity contribution in [2.45, 2.75) is 25.3 Å². The maximum atomic E-state index is 11.8. The van der Waals surface area contributed by atoms with Crippen molar-refractivity contribution < 1.29 is 0 Å². The zero-order valence-corrected chi connectivity index (χ0v) is 16.7. The first-order valence-corrected chi connectivity index (χ1v) is 10.0. The second-order valence-corrected chi connectivity index (χ2v) is 7.66. The molecule has 0 unspecified atom stereocenters. The van der Waals surface area contributed by atoms with Crippen LogP contribution in [-0.4, -0.2) is 52.6 Å². The van der Waals surface area contributed by atoms with Crippen LogP contribution in [0.3, 0.4) is 0 Å². The molecule has 1 aliphatic heterocycles. The highest BCUT2D eigenvalue weighted by molar-refractivity contribution is 5.58. The molecule has 0 aliphatic carbocycles. The first-order valence-electron chi connectivity index (χ1n) is 10.0. The van der Waals surface area contributed by atoms with Crippen LogP contribution in [0.5, 0.6) is 0 Å². The van der Waals surface area contributed by atoms with Crippen LogP contribution in [0.2, 0.25) is 0 Å². The fourth-order valence-electron chi connectivity index (χ4n) is 3.93. The van der Waals surface area contributed by atoms with E-state index < -0.39 is 0 Å². The fourth-order valence-corrected chi connectivity index (χ4v) is 3.93. The number of rotatable bonds is 4.